The second-order valence-electron chi connectivity index (χ2n) is 17.9. The van der Waals surface area contributed by atoms with Crippen LogP contribution in [0.5, 0.6) is 11.5 Å². The van der Waals surface area contributed by atoms with E-state index in [2.05, 4.69) is 37.8 Å². The highest BCUT2D eigenvalue weighted by Crippen LogP contribution is 2.62. The molecule has 0 radical (unpaired) electrons. The van der Waals surface area contributed by atoms with Crippen LogP contribution >= 0.6 is 11.8 Å². The van der Waals surface area contributed by atoms with Gasteiger partial charge in [0.2, 0.25) is 5.79 Å². The number of benzene rings is 3. The number of ether oxygens (including phenoxy) is 4. The van der Waals surface area contributed by atoms with Gasteiger partial charge in [0, 0.05) is 48.3 Å². The summed E-state index contributed by atoms with van der Waals surface area (Å²) in [7, 11) is 0. The Hall–Kier alpha value is -4.29. The van der Waals surface area contributed by atoms with Gasteiger partial charge in [-0.25, -0.2) is 4.79 Å². The summed E-state index contributed by atoms with van der Waals surface area (Å²) in [5.74, 6) is 0.526. The maximum atomic E-state index is 14.5. The minimum Gasteiger partial charge on any atom is -0.493 e. The Morgan fingerprint density at radius 2 is 1.73 bits per heavy atom. The van der Waals surface area contributed by atoms with Gasteiger partial charge in [0.15, 0.2) is 0 Å². The number of fused-ring (bicyclic) bond motifs is 2. The van der Waals surface area contributed by atoms with Gasteiger partial charge in [-0.1, -0.05) is 106 Å². The van der Waals surface area contributed by atoms with Gasteiger partial charge in [-0.15, -0.1) is 18.3 Å². The zero-order chi connectivity index (χ0) is 44.0. The highest BCUT2D eigenvalue weighted by molar-refractivity contribution is 7.99. The molecule has 2 N–H and O–H groups in total. The molecule has 1 saturated carbocycles. The van der Waals surface area contributed by atoms with Crippen LogP contribution in [0.15, 0.2) is 113 Å². The lowest BCUT2D eigenvalue weighted by atomic mass is 9.55. The normalized spacial score (nSPS) is 23.4. The number of hydrogen-bond donors (Lipinski definition) is 2. The average molecular weight is 869 g/mol. The van der Waals surface area contributed by atoms with Gasteiger partial charge in [0.1, 0.15) is 24.1 Å². The zero-order valence-corrected chi connectivity index (χ0v) is 38.0. The van der Waals surface area contributed by atoms with Crippen LogP contribution in [0.2, 0.25) is 0 Å². The maximum Gasteiger partial charge on any atom is 0.410 e. The van der Waals surface area contributed by atoms with Gasteiger partial charge in [-0.2, -0.15) is 0 Å². The average Bonchev–Trinajstić information content (AvgIpc) is 3.27. The predicted octanol–water partition coefficient (Wildman–Crippen LogP) is 10.6. The number of aliphatic hydroxyl groups is 2. The highest BCUT2D eigenvalue weighted by atomic mass is 32.2. The van der Waals surface area contributed by atoms with Crippen molar-refractivity contribution in [3.63, 3.8) is 0 Å². The van der Waals surface area contributed by atoms with Crippen LogP contribution in [-0.2, 0) is 20.9 Å². The highest BCUT2D eigenvalue weighted by Gasteiger charge is 2.65. The SMILES string of the molecule is C=CCO[C@@]12Oc3ccc(OCCSc4ccccc4)cc3[C@H]3[C@H](CCCCO)[C@@H](CCCCO)C=C(C(=NOCc4ccccc4)C[C@@H]1N(CCC)C(=O)OCC(C)(C)C)[C@H]32. The van der Waals surface area contributed by atoms with Crippen molar-refractivity contribution < 1.29 is 38.8 Å². The fourth-order valence-electron chi connectivity index (χ4n) is 9.31. The fourth-order valence-corrected chi connectivity index (χ4v) is 10.1. The molecular formula is C51H68N2O8S. The minimum absolute atomic E-state index is 0.102. The molecule has 1 aliphatic heterocycles. The molecule has 3 aromatic rings. The molecule has 0 aromatic heterocycles. The third kappa shape index (κ3) is 11.8. The molecular weight excluding hydrogens is 801 g/mol. The number of amides is 1. The second-order valence-corrected chi connectivity index (χ2v) is 19.0. The summed E-state index contributed by atoms with van der Waals surface area (Å²) < 4.78 is 27.1. The van der Waals surface area contributed by atoms with E-state index < -0.39 is 23.8 Å². The molecule has 62 heavy (non-hydrogen) atoms. The Bertz CT molecular complexity index is 1930. The molecule has 2 aliphatic carbocycles. The maximum absolute atomic E-state index is 14.5. The molecule has 10 nitrogen and oxygen atoms in total. The number of hydrogen-bond acceptors (Lipinski definition) is 10. The number of unbranched alkanes of at least 4 members (excludes halogenated alkanes) is 2. The lowest BCUT2D eigenvalue weighted by Gasteiger charge is -2.60. The van der Waals surface area contributed by atoms with Crippen molar-refractivity contribution in [1.82, 2.24) is 4.90 Å². The first kappa shape index (κ1) is 47.2. The summed E-state index contributed by atoms with van der Waals surface area (Å²) in [4.78, 5) is 23.7. The first-order chi connectivity index (χ1) is 30.1. The van der Waals surface area contributed by atoms with Gasteiger partial charge in [-0.3, -0.25) is 4.90 Å². The number of carbonyl (C=O) groups is 1. The smallest absolute Gasteiger partial charge is 0.410 e. The van der Waals surface area contributed by atoms with Gasteiger partial charge in [0.05, 0.1) is 31.5 Å². The van der Waals surface area contributed by atoms with Gasteiger partial charge in [0.25, 0.3) is 0 Å². The van der Waals surface area contributed by atoms with Gasteiger partial charge in [-0.05, 0) is 90.8 Å². The van der Waals surface area contributed by atoms with Crippen LogP contribution in [-0.4, -0.2) is 84.1 Å². The molecule has 6 rings (SSSR count). The van der Waals surface area contributed by atoms with E-state index in [4.69, 9.17) is 28.9 Å². The van der Waals surface area contributed by atoms with Crippen molar-refractivity contribution in [2.24, 2.45) is 28.3 Å². The molecule has 0 bridgehead atoms. The summed E-state index contributed by atoms with van der Waals surface area (Å²) >= 11 is 1.76. The monoisotopic (exact) mass is 868 g/mol. The third-order valence-electron chi connectivity index (χ3n) is 12.0. The Morgan fingerprint density at radius 1 is 1.00 bits per heavy atom. The largest absolute Gasteiger partial charge is 0.493 e. The van der Waals surface area contributed by atoms with Crippen molar-refractivity contribution in [3.05, 3.63) is 114 Å². The number of aliphatic hydroxyl groups excluding tert-OH is 2. The Kier molecular flexibility index (Phi) is 17.4. The predicted molar refractivity (Wildman–Crippen MR) is 247 cm³/mol. The Morgan fingerprint density at radius 3 is 2.42 bits per heavy atom. The summed E-state index contributed by atoms with van der Waals surface area (Å²) in [6, 6.07) is 25.8. The van der Waals surface area contributed by atoms with Crippen molar-refractivity contribution >= 4 is 23.6 Å². The van der Waals surface area contributed by atoms with Crippen LogP contribution in [0.25, 0.3) is 0 Å². The van der Waals surface area contributed by atoms with E-state index >= 15 is 0 Å². The molecule has 336 valence electrons. The van der Waals surface area contributed by atoms with Crippen molar-refractivity contribution in [2.45, 2.75) is 108 Å². The molecule has 3 aliphatic rings. The minimum atomic E-state index is -1.36. The van der Waals surface area contributed by atoms with Crippen LogP contribution in [0, 0.1) is 23.2 Å². The fraction of sp³-hybridized carbons (Fsp3) is 0.529. The van der Waals surface area contributed by atoms with E-state index in [-0.39, 0.29) is 56.2 Å². The lowest BCUT2D eigenvalue weighted by molar-refractivity contribution is -0.255. The van der Waals surface area contributed by atoms with E-state index in [1.807, 2.05) is 81.4 Å². The number of carbonyl (C=O) groups excluding carboxylic acids is 1. The summed E-state index contributed by atoms with van der Waals surface area (Å²) in [6.07, 6.45) is 9.45. The van der Waals surface area contributed by atoms with Crippen LogP contribution < -0.4 is 9.47 Å². The molecule has 1 heterocycles. The second kappa shape index (κ2) is 22.9. The molecule has 6 atom stereocenters. The number of rotatable bonds is 23. The van der Waals surface area contributed by atoms with Crippen LogP contribution in [0.3, 0.4) is 0 Å². The lowest BCUT2D eigenvalue weighted by Crippen LogP contribution is -2.70. The van der Waals surface area contributed by atoms with Crippen molar-refractivity contribution in [2.75, 3.05) is 45.3 Å². The van der Waals surface area contributed by atoms with E-state index in [1.165, 1.54) is 4.90 Å². The van der Waals surface area contributed by atoms with Crippen molar-refractivity contribution in [1.29, 1.82) is 0 Å². The van der Waals surface area contributed by atoms with Gasteiger partial charge >= 0.3 is 6.09 Å². The van der Waals surface area contributed by atoms with E-state index in [0.29, 0.717) is 44.6 Å². The van der Waals surface area contributed by atoms with E-state index in [1.54, 1.807) is 22.7 Å². The number of thioether (sulfide) groups is 1. The number of oxime groups is 1. The molecule has 0 unspecified atom stereocenters. The summed E-state index contributed by atoms with van der Waals surface area (Å²) in [5, 5.41) is 24.9. The van der Waals surface area contributed by atoms with E-state index in [9.17, 15) is 15.0 Å². The first-order valence-electron chi connectivity index (χ1n) is 22.6. The first-order valence-corrected chi connectivity index (χ1v) is 23.6. The molecule has 3 aromatic carbocycles. The van der Waals surface area contributed by atoms with Crippen LogP contribution in [0.4, 0.5) is 4.79 Å². The molecule has 11 heteroatoms. The Labute approximate surface area is 373 Å². The molecule has 0 spiro atoms. The van der Waals surface area contributed by atoms with Crippen LogP contribution in [0.1, 0.15) is 96.1 Å². The van der Waals surface area contributed by atoms with Crippen molar-refractivity contribution in [3.8, 4) is 11.5 Å². The third-order valence-corrected chi connectivity index (χ3v) is 12.9. The molecule has 1 amide bonds. The number of nitrogens with zero attached hydrogens (tertiary/aromatic N) is 2. The summed E-state index contributed by atoms with van der Waals surface area (Å²) in [6.45, 7) is 14.2. The van der Waals surface area contributed by atoms with Gasteiger partial charge < -0.3 is 34.0 Å². The number of allylic oxidation sites excluding steroid dienone is 1. The zero-order valence-electron chi connectivity index (χ0n) is 37.2. The Balaban J connectivity index is 1.51. The quantitative estimate of drug-likeness (QED) is 0.0415. The molecule has 0 saturated heterocycles. The molecule has 1 fully saturated rings. The topological polar surface area (TPSA) is 119 Å². The standard InChI is InChI=1S/C51H68N2O8S/c1-6-26-53(49(56)58-36-50(3,4)5)46-34-44(52-60-35-37-18-10-8-11-19-37)42-32-38(20-14-16-27-54)41(23-15-17-28-55)47-43-33-39(57-30-31-62-40-21-12-9-13-22-40)24-25-45(43)61-51(46,48(42)47)59-29-7-2/h7-13,18-19,21-22,24-25,32-33,38,41,46-48,54-55H,2,6,14-17,20,23,26-31,34-36H2,1,3-5H3/t38-,41+,46-,47+,48+,51+/m0/s1. The summed E-state index contributed by atoms with van der Waals surface area (Å²) in [5.41, 5.74) is 3.52. The van der Waals surface area contributed by atoms with E-state index in [0.717, 1.165) is 59.6 Å².